The predicted octanol–water partition coefficient (Wildman–Crippen LogP) is 4.77. The van der Waals surface area contributed by atoms with Gasteiger partial charge in [0.05, 0.1) is 12.6 Å². The number of halogens is 1. The lowest BCUT2D eigenvalue weighted by atomic mass is 9.81. The van der Waals surface area contributed by atoms with Gasteiger partial charge in [0.25, 0.3) is 0 Å². The van der Waals surface area contributed by atoms with Crippen molar-refractivity contribution in [3.8, 4) is 0 Å². The van der Waals surface area contributed by atoms with Crippen molar-refractivity contribution in [1.29, 1.82) is 0 Å². The van der Waals surface area contributed by atoms with E-state index in [1.807, 2.05) is 36.1 Å². The lowest BCUT2D eigenvalue weighted by molar-refractivity contribution is -0.138. The van der Waals surface area contributed by atoms with Crippen LogP contribution in [0.3, 0.4) is 0 Å². The molecule has 198 valence electrons. The molecule has 6 rings (SSSR count). The summed E-state index contributed by atoms with van der Waals surface area (Å²) >= 11 is 6.64. The van der Waals surface area contributed by atoms with Crippen LogP contribution in [0.4, 0.5) is 23.1 Å². The van der Waals surface area contributed by atoms with Gasteiger partial charge in [0.1, 0.15) is 5.02 Å². The minimum absolute atomic E-state index is 0.0248. The summed E-state index contributed by atoms with van der Waals surface area (Å²) in [5.41, 5.74) is 6.63. The minimum atomic E-state index is -0.827. The minimum Gasteiger partial charge on any atom is -0.481 e. The molecule has 1 fully saturated rings. The molecule has 9 heteroatoms. The zero-order chi connectivity index (χ0) is 26.6. The number of likely N-dealkylation sites (tertiary alicyclic amines) is 1. The van der Waals surface area contributed by atoms with Crippen LogP contribution in [0.5, 0.6) is 0 Å². The highest BCUT2D eigenvalue weighted by Crippen LogP contribution is 2.47. The van der Waals surface area contributed by atoms with Crippen LogP contribution < -0.4 is 10.2 Å². The lowest BCUT2D eigenvalue weighted by Gasteiger charge is -2.39. The third-order valence-electron chi connectivity index (χ3n) is 8.20. The molecule has 0 saturated carbocycles. The first-order valence-corrected chi connectivity index (χ1v) is 13.5. The smallest absolute Gasteiger partial charge is 0.304 e. The highest BCUT2D eigenvalue weighted by atomic mass is 35.5. The Kier molecular flexibility index (Phi) is 6.29. The van der Waals surface area contributed by atoms with E-state index in [-0.39, 0.29) is 6.42 Å². The van der Waals surface area contributed by atoms with Gasteiger partial charge in [-0.05, 0) is 61.0 Å². The Morgan fingerprint density at radius 2 is 2.00 bits per heavy atom. The largest absolute Gasteiger partial charge is 0.481 e. The average Bonchev–Trinajstić information content (AvgIpc) is 3.14. The SMILES string of the molecule is CN1CCc2c(cc(Nc3ncc(Cl)c(N4CC(C)(CC(=O)O)c5ccccc54)n3)cc2C2CN(C)C2)C1. The fourth-order valence-corrected chi connectivity index (χ4v) is 6.55. The van der Waals surface area contributed by atoms with Crippen LogP contribution in [-0.2, 0) is 23.2 Å². The highest BCUT2D eigenvalue weighted by Gasteiger charge is 2.42. The van der Waals surface area contributed by atoms with E-state index in [0.717, 1.165) is 49.5 Å². The molecular weight excluding hydrogens is 500 g/mol. The fourth-order valence-electron chi connectivity index (χ4n) is 6.36. The molecule has 8 nitrogen and oxygen atoms in total. The molecule has 1 aromatic heterocycles. The Morgan fingerprint density at radius 3 is 2.76 bits per heavy atom. The average molecular weight is 533 g/mol. The third-order valence-corrected chi connectivity index (χ3v) is 8.46. The van der Waals surface area contributed by atoms with E-state index in [9.17, 15) is 9.90 Å². The van der Waals surface area contributed by atoms with Crippen molar-refractivity contribution in [3.05, 3.63) is 69.9 Å². The standard InChI is InChI=1S/C29H33ClN6O2/c1-29(12-26(37)38)17-36(25-7-5-4-6-23(25)29)27-24(30)13-31-28(33-27)32-20-10-18-14-34(2)9-8-21(18)22(11-20)19-15-35(3)16-19/h4-7,10-11,13,19H,8-9,12,14-17H2,1-3H3,(H,37,38)(H,31,32,33). The summed E-state index contributed by atoms with van der Waals surface area (Å²) in [6.45, 7) is 6.63. The number of nitrogens with one attached hydrogen (secondary N) is 1. The molecule has 0 radical (unpaired) electrons. The second-order valence-corrected chi connectivity index (χ2v) is 11.7. The normalized spacial score (nSPS) is 21.6. The number of fused-ring (bicyclic) bond motifs is 2. The molecule has 0 spiro atoms. The molecule has 0 aliphatic carbocycles. The molecule has 0 amide bonds. The first-order valence-electron chi connectivity index (χ1n) is 13.1. The van der Waals surface area contributed by atoms with Crippen LogP contribution in [0.1, 0.15) is 41.5 Å². The van der Waals surface area contributed by atoms with Gasteiger partial charge >= 0.3 is 5.97 Å². The van der Waals surface area contributed by atoms with Gasteiger partial charge in [-0.1, -0.05) is 36.7 Å². The van der Waals surface area contributed by atoms with E-state index in [1.54, 1.807) is 6.20 Å². The van der Waals surface area contributed by atoms with Crippen LogP contribution in [0.25, 0.3) is 0 Å². The summed E-state index contributed by atoms with van der Waals surface area (Å²) in [7, 11) is 4.33. The molecule has 2 N–H and O–H groups in total. The van der Waals surface area contributed by atoms with E-state index >= 15 is 0 Å². The van der Waals surface area contributed by atoms with Crippen LogP contribution in [0.2, 0.25) is 5.02 Å². The number of nitrogens with zero attached hydrogens (tertiary/aromatic N) is 5. The number of para-hydroxylation sites is 1. The maximum Gasteiger partial charge on any atom is 0.304 e. The number of carboxylic acids is 1. The molecule has 0 bridgehead atoms. The second kappa shape index (κ2) is 9.52. The molecule has 3 aliphatic rings. The number of anilines is 4. The van der Waals surface area contributed by atoms with E-state index in [0.29, 0.717) is 29.3 Å². The summed E-state index contributed by atoms with van der Waals surface area (Å²) < 4.78 is 0. The molecule has 2 aromatic carbocycles. The lowest BCUT2D eigenvalue weighted by Crippen LogP contribution is -2.42. The zero-order valence-corrected chi connectivity index (χ0v) is 22.8. The van der Waals surface area contributed by atoms with Crippen molar-refractivity contribution in [3.63, 3.8) is 0 Å². The summed E-state index contributed by atoms with van der Waals surface area (Å²) in [4.78, 5) is 27.8. The quantitative estimate of drug-likeness (QED) is 0.469. The van der Waals surface area contributed by atoms with Crippen molar-refractivity contribution in [2.75, 3.05) is 50.5 Å². The molecule has 3 aliphatic heterocycles. The molecule has 1 atom stereocenters. The number of rotatable bonds is 6. The summed E-state index contributed by atoms with van der Waals surface area (Å²) in [5.74, 6) is 0.763. The number of likely N-dealkylation sites (N-methyl/N-ethyl adjacent to an activating group) is 2. The van der Waals surface area contributed by atoms with Gasteiger partial charge in [-0.15, -0.1) is 0 Å². The summed E-state index contributed by atoms with van der Waals surface area (Å²) in [5, 5.41) is 13.5. The molecular formula is C29H33ClN6O2. The molecule has 1 unspecified atom stereocenters. The predicted molar refractivity (Wildman–Crippen MR) is 150 cm³/mol. The van der Waals surface area contributed by atoms with Crippen LogP contribution in [0.15, 0.2) is 42.6 Å². The fraction of sp³-hybridized carbons (Fsp3) is 0.414. The van der Waals surface area contributed by atoms with Crippen molar-refractivity contribution < 1.29 is 9.90 Å². The first-order chi connectivity index (χ1) is 18.2. The number of benzene rings is 2. The van der Waals surface area contributed by atoms with Crippen molar-refractivity contribution in [1.82, 2.24) is 19.8 Å². The Labute approximate surface area is 228 Å². The Bertz CT molecular complexity index is 1410. The highest BCUT2D eigenvalue weighted by molar-refractivity contribution is 6.33. The topological polar surface area (TPSA) is 84.8 Å². The monoisotopic (exact) mass is 532 g/mol. The number of aromatic nitrogens is 2. The Morgan fingerprint density at radius 1 is 1.21 bits per heavy atom. The van der Waals surface area contributed by atoms with Gasteiger partial charge < -0.3 is 25.1 Å². The van der Waals surface area contributed by atoms with E-state index in [2.05, 4.69) is 46.3 Å². The van der Waals surface area contributed by atoms with Crippen molar-refractivity contribution in [2.24, 2.45) is 0 Å². The van der Waals surface area contributed by atoms with Crippen LogP contribution in [0, 0.1) is 0 Å². The molecule has 1 saturated heterocycles. The number of aliphatic carboxylic acids is 1. The van der Waals surface area contributed by atoms with Crippen molar-refractivity contribution >= 4 is 40.7 Å². The molecule has 4 heterocycles. The van der Waals surface area contributed by atoms with E-state index < -0.39 is 11.4 Å². The first kappa shape index (κ1) is 25.1. The van der Waals surface area contributed by atoms with Gasteiger partial charge in [-0.25, -0.2) is 4.98 Å². The summed E-state index contributed by atoms with van der Waals surface area (Å²) in [6, 6.07) is 12.4. The Balaban J connectivity index is 1.34. The van der Waals surface area contributed by atoms with Gasteiger partial charge in [-0.2, -0.15) is 4.98 Å². The van der Waals surface area contributed by atoms with Gasteiger partial charge in [0.15, 0.2) is 5.82 Å². The van der Waals surface area contributed by atoms with Gasteiger partial charge in [-0.3, -0.25) is 4.79 Å². The van der Waals surface area contributed by atoms with Gasteiger partial charge in [0, 0.05) is 55.4 Å². The Hall–Kier alpha value is -3.20. The number of hydrogen-bond acceptors (Lipinski definition) is 7. The molecule has 3 aromatic rings. The maximum absolute atomic E-state index is 11.7. The van der Waals surface area contributed by atoms with Crippen LogP contribution in [-0.4, -0.2) is 71.1 Å². The number of carbonyl (C=O) groups is 1. The third kappa shape index (κ3) is 4.51. The van der Waals surface area contributed by atoms with Gasteiger partial charge in [0.2, 0.25) is 5.95 Å². The second-order valence-electron chi connectivity index (χ2n) is 11.3. The zero-order valence-electron chi connectivity index (χ0n) is 22.0. The summed E-state index contributed by atoms with van der Waals surface area (Å²) in [6.07, 6.45) is 2.72. The van der Waals surface area contributed by atoms with E-state index in [4.69, 9.17) is 16.6 Å². The van der Waals surface area contributed by atoms with Crippen molar-refractivity contribution in [2.45, 2.75) is 37.6 Å². The van der Waals surface area contributed by atoms with E-state index in [1.165, 1.54) is 16.7 Å². The molecule has 38 heavy (non-hydrogen) atoms. The van der Waals surface area contributed by atoms with Crippen LogP contribution >= 0.6 is 11.6 Å². The maximum atomic E-state index is 11.7. The number of carboxylic acid groups (broad SMARTS) is 1. The number of hydrogen-bond donors (Lipinski definition) is 2.